The zero-order chi connectivity index (χ0) is 24.7. The predicted octanol–water partition coefficient (Wildman–Crippen LogP) is 4.94. The lowest BCUT2D eigenvalue weighted by Crippen LogP contribution is -2.43. The second-order valence-electron chi connectivity index (χ2n) is 7.54. The maximum absolute atomic E-state index is 14.3. The molecule has 2 aliphatic heterocycles. The minimum Gasteiger partial charge on any atom is -0.435 e. The Morgan fingerprint density at radius 2 is 1.88 bits per heavy atom. The Hall–Kier alpha value is -3.40. The highest BCUT2D eigenvalue weighted by Crippen LogP contribution is 2.31. The van der Waals surface area contributed by atoms with E-state index < -0.39 is 12.4 Å². The molecule has 2 aromatic rings. The van der Waals surface area contributed by atoms with Crippen molar-refractivity contribution in [3.63, 3.8) is 0 Å². The van der Waals surface area contributed by atoms with Crippen LogP contribution in [0.2, 0.25) is 0 Å². The summed E-state index contributed by atoms with van der Waals surface area (Å²) >= 11 is 0. The molecule has 2 unspecified atom stereocenters. The highest BCUT2D eigenvalue weighted by molar-refractivity contribution is 6.16. The molecule has 4 rings (SSSR count). The molecule has 1 aromatic heterocycles. The molecular formula is C24H28F3N5O2. The van der Waals surface area contributed by atoms with Crippen LogP contribution in [0, 0.1) is 11.2 Å². The molecule has 3 N–H and O–H groups in total. The quantitative estimate of drug-likeness (QED) is 0.437. The summed E-state index contributed by atoms with van der Waals surface area (Å²) in [5.74, 6) is -0.0394. The Balaban J connectivity index is 0.00000158. The van der Waals surface area contributed by atoms with E-state index in [2.05, 4.69) is 19.6 Å². The van der Waals surface area contributed by atoms with Gasteiger partial charge in [0.05, 0.1) is 18.4 Å². The first-order valence-corrected chi connectivity index (χ1v) is 11.1. The first-order valence-electron chi connectivity index (χ1n) is 11.1. The molecule has 2 fully saturated rings. The zero-order valence-electron chi connectivity index (χ0n) is 19.0. The molecule has 2 saturated heterocycles. The third kappa shape index (κ3) is 6.34. The van der Waals surface area contributed by atoms with Crippen molar-refractivity contribution in [1.29, 1.82) is 5.41 Å². The van der Waals surface area contributed by atoms with Crippen LogP contribution in [-0.4, -0.2) is 48.9 Å². The van der Waals surface area contributed by atoms with Gasteiger partial charge in [-0.05, 0) is 36.6 Å². The lowest BCUT2D eigenvalue weighted by Gasteiger charge is -2.33. The van der Waals surface area contributed by atoms with Gasteiger partial charge in [-0.2, -0.15) is 8.78 Å². The minimum atomic E-state index is -2.92. The molecule has 0 radical (unpaired) electrons. The van der Waals surface area contributed by atoms with Gasteiger partial charge in [-0.3, -0.25) is 0 Å². The number of amidine groups is 1. The smallest absolute Gasteiger partial charge is 0.387 e. The number of benzene rings is 1. The molecule has 0 aliphatic carbocycles. The molecular weight excluding hydrogens is 447 g/mol. The number of ether oxygens (including phenoxy) is 2. The van der Waals surface area contributed by atoms with E-state index in [1.54, 1.807) is 6.07 Å². The van der Waals surface area contributed by atoms with Gasteiger partial charge < -0.3 is 25.5 Å². The standard InChI is InChI=1S/C22H22F3N5O2.C2H6/c23-18-10-28-21(30-11-16-5-6-17(12-30)31-16)8-19(18)29-20(27)7-14(9-26)13-1-3-15(4-2-13)32-22(24)25;1-2/h1-4,7-10,16-17,22,26H,5-6,11-12H2,(H2,27,28,29);1-2H3/b14-7+,26-9?;. The van der Waals surface area contributed by atoms with Crippen LogP contribution >= 0.6 is 0 Å². The fourth-order valence-corrected chi connectivity index (χ4v) is 3.85. The predicted molar refractivity (Wildman–Crippen MR) is 127 cm³/mol. The van der Waals surface area contributed by atoms with Crippen LogP contribution in [-0.2, 0) is 4.74 Å². The lowest BCUT2D eigenvalue weighted by molar-refractivity contribution is -0.0498. The van der Waals surface area contributed by atoms with E-state index in [1.165, 1.54) is 30.3 Å². The molecule has 0 saturated carbocycles. The molecule has 7 nitrogen and oxygen atoms in total. The van der Waals surface area contributed by atoms with Crippen molar-refractivity contribution < 1.29 is 22.6 Å². The number of halogens is 3. The minimum absolute atomic E-state index is 0.00217. The normalized spacial score (nSPS) is 20.1. The number of aliphatic imine (C=N–C) groups is 1. The van der Waals surface area contributed by atoms with E-state index in [0.717, 1.165) is 25.3 Å². The number of allylic oxidation sites excluding steroid dienone is 1. The van der Waals surface area contributed by atoms with E-state index in [0.29, 0.717) is 30.0 Å². The summed E-state index contributed by atoms with van der Waals surface area (Å²) in [6.07, 6.45) is 5.90. The van der Waals surface area contributed by atoms with Crippen LogP contribution in [0.3, 0.4) is 0 Å². The topological polar surface area (TPSA) is 96.8 Å². The van der Waals surface area contributed by atoms with Crippen molar-refractivity contribution in [1.82, 2.24) is 4.98 Å². The molecule has 2 bridgehead atoms. The average Bonchev–Trinajstić information content (AvgIpc) is 3.17. The van der Waals surface area contributed by atoms with E-state index in [-0.39, 0.29) is 29.5 Å². The summed E-state index contributed by atoms with van der Waals surface area (Å²) in [4.78, 5) is 10.4. The Kier molecular flexibility index (Phi) is 8.64. The van der Waals surface area contributed by atoms with E-state index >= 15 is 0 Å². The fraction of sp³-hybridized carbons (Fsp3) is 0.375. The van der Waals surface area contributed by atoms with Gasteiger partial charge in [0, 0.05) is 30.9 Å². The Labute approximate surface area is 196 Å². The number of nitrogens with two attached hydrogens (primary N) is 1. The number of hydrogen-bond acceptors (Lipinski definition) is 6. The number of rotatable bonds is 7. The molecule has 0 spiro atoms. The number of alkyl halides is 2. The van der Waals surface area contributed by atoms with Crippen molar-refractivity contribution in [2.24, 2.45) is 10.7 Å². The molecule has 10 heteroatoms. The Bertz CT molecular complexity index is 1030. The number of anilines is 1. The molecule has 2 aliphatic rings. The highest BCUT2D eigenvalue weighted by Gasteiger charge is 2.34. The summed E-state index contributed by atoms with van der Waals surface area (Å²) in [7, 11) is 0. The van der Waals surface area contributed by atoms with Gasteiger partial charge in [-0.15, -0.1) is 0 Å². The SMILES string of the molecule is CC.N=C/C(=C\C(N)=Nc1cc(N2CC3CCC(C2)O3)ncc1F)c1ccc(OC(F)F)cc1. The van der Waals surface area contributed by atoms with Crippen LogP contribution in [0.5, 0.6) is 5.75 Å². The largest absolute Gasteiger partial charge is 0.435 e. The molecule has 34 heavy (non-hydrogen) atoms. The van der Waals surface area contributed by atoms with E-state index in [9.17, 15) is 13.2 Å². The second-order valence-corrected chi connectivity index (χ2v) is 7.54. The van der Waals surface area contributed by atoms with Crippen LogP contribution in [0.1, 0.15) is 32.3 Å². The molecule has 0 amide bonds. The second kappa shape index (κ2) is 11.6. The van der Waals surface area contributed by atoms with Crippen molar-refractivity contribution in [3.8, 4) is 5.75 Å². The van der Waals surface area contributed by atoms with Crippen LogP contribution in [0.4, 0.5) is 24.7 Å². The summed E-state index contributed by atoms with van der Waals surface area (Å²) in [5.41, 5.74) is 6.94. The maximum Gasteiger partial charge on any atom is 0.387 e. The summed E-state index contributed by atoms with van der Waals surface area (Å²) < 4.78 is 49.1. The Morgan fingerprint density at radius 3 is 2.47 bits per heavy atom. The third-order valence-corrected chi connectivity index (χ3v) is 5.31. The van der Waals surface area contributed by atoms with Crippen LogP contribution in [0.15, 0.2) is 47.6 Å². The van der Waals surface area contributed by atoms with Crippen molar-refractivity contribution >= 4 is 29.1 Å². The van der Waals surface area contributed by atoms with Gasteiger partial charge in [0.1, 0.15) is 23.1 Å². The molecule has 2 atom stereocenters. The number of pyridine rings is 1. The van der Waals surface area contributed by atoms with E-state index in [1.807, 2.05) is 13.8 Å². The van der Waals surface area contributed by atoms with Gasteiger partial charge in [0.2, 0.25) is 0 Å². The van der Waals surface area contributed by atoms with Gasteiger partial charge >= 0.3 is 6.61 Å². The number of nitrogens with zero attached hydrogens (tertiary/aromatic N) is 3. The lowest BCUT2D eigenvalue weighted by atomic mass is 10.1. The fourth-order valence-electron chi connectivity index (χ4n) is 3.85. The number of nitrogens with one attached hydrogen (secondary N) is 1. The molecule has 1 aromatic carbocycles. The first kappa shape index (κ1) is 25.2. The number of morpholine rings is 1. The van der Waals surface area contributed by atoms with Crippen molar-refractivity contribution in [2.75, 3.05) is 18.0 Å². The van der Waals surface area contributed by atoms with Gasteiger partial charge in [0.25, 0.3) is 0 Å². The average molecular weight is 476 g/mol. The number of hydrogen-bond donors (Lipinski definition) is 2. The summed E-state index contributed by atoms with van der Waals surface area (Å²) in [6.45, 7) is 2.46. The van der Waals surface area contributed by atoms with Crippen molar-refractivity contribution in [3.05, 3.63) is 54.0 Å². The molecule has 182 valence electrons. The zero-order valence-corrected chi connectivity index (χ0v) is 19.0. The van der Waals surface area contributed by atoms with Gasteiger partial charge in [-0.25, -0.2) is 14.4 Å². The van der Waals surface area contributed by atoms with Crippen molar-refractivity contribution in [2.45, 2.75) is 45.5 Å². The maximum atomic E-state index is 14.3. The number of fused-ring (bicyclic) bond motifs is 2. The third-order valence-electron chi connectivity index (χ3n) is 5.31. The van der Waals surface area contributed by atoms with E-state index in [4.69, 9.17) is 15.9 Å². The molecule has 3 heterocycles. The summed E-state index contributed by atoms with van der Waals surface area (Å²) in [6, 6.07) is 7.29. The van der Waals surface area contributed by atoms with Gasteiger partial charge in [-0.1, -0.05) is 26.0 Å². The van der Waals surface area contributed by atoms with Gasteiger partial charge in [0.15, 0.2) is 5.82 Å². The first-order chi connectivity index (χ1) is 16.4. The van der Waals surface area contributed by atoms with Crippen LogP contribution < -0.4 is 15.4 Å². The number of aromatic nitrogens is 1. The summed E-state index contributed by atoms with van der Waals surface area (Å²) in [5, 5.41) is 7.63. The Morgan fingerprint density at radius 1 is 1.24 bits per heavy atom. The highest BCUT2D eigenvalue weighted by atomic mass is 19.3. The van der Waals surface area contributed by atoms with Crippen LogP contribution in [0.25, 0.3) is 5.57 Å². The monoisotopic (exact) mass is 475 g/mol.